The minimum absolute atomic E-state index is 0.0307. The largest absolute Gasteiger partial charge is 0.467 e. The van der Waals surface area contributed by atoms with Crippen molar-refractivity contribution in [2.75, 3.05) is 32.7 Å². The normalized spacial score (nSPS) is 24.4. The number of halogens is 1. The van der Waals surface area contributed by atoms with Crippen molar-refractivity contribution in [2.24, 2.45) is 0 Å². The number of aromatic nitrogens is 4. The van der Waals surface area contributed by atoms with Crippen molar-refractivity contribution >= 4 is 30.7 Å². The lowest BCUT2D eigenvalue weighted by Gasteiger charge is -2.30. The molecule has 1 fully saturated rings. The van der Waals surface area contributed by atoms with E-state index in [1.165, 1.54) is 31.9 Å². The molecule has 42 heavy (non-hydrogen) atoms. The smallest absolute Gasteiger partial charge is 0.459 e. The van der Waals surface area contributed by atoms with Gasteiger partial charge in [-0.25, -0.2) is 13.9 Å². The Kier molecular flexibility index (Phi) is 9.38. The van der Waals surface area contributed by atoms with Gasteiger partial charge in [-0.3, -0.25) is 13.9 Å². The fourth-order valence-electron chi connectivity index (χ4n) is 4.25. The average Bonchev–Trinajstić information content (AvgIpc) is 3.46. The number of hydrogen-bond donors (Lipinski definition) is 2. The third-order valence-electron chi connectivity index (χ3n) is 6.40. The van der Waals surface area contributed by atoms with Gasteiger partial charge in [0.05, 0.1) is 26.1 Å². The van der Waals surface area contributed by atoms with E-state index in [0.717, 1.165) is 0 Å². The maximum Gasteiger partial charge on any atom is 0.459 e. The molecule has 1 aliphatic rings. The summed E-state index contributed by atoms with van der Waals surface area (Å²) in [6, 6.07) is 7.10. The Morgan fingerprint density at radius 3 is 2.57 bits per heavy atom. The molecular formula is C26H36FN6O8P. The molecule has 3 heterocycles. The van der Waals surface area contributed by atoms with Crippen LogP contribution in [0, 0.1) is 0 Å². The van der Waals surface area contributed by atoms with E-state index < -0.39 is 56.6 Å². The number of hydrogen-bond acceptors (Lipinski definition) is 12. The van der Waals surface area contributed by atoms with Crippen molar-refractivity contribution in [1.29, 1.82) is 0 Å². The van der Waals surface area contributed by atoms with Crippen LogP contribution >= 0.6 is 7.75 Å². The number of carbonyl (C=O) groups excluding carboxylic acids is 1. The van der Waals surface area contributed by atoms with Crippen molar-refractivity contribution in [3.63, 3.8) is 0 Å². The number of alkyl halides is 1. The van der Waals surface area contributed by atoms with Gasteiger partial charge in [0.25, 0.3) is 0 Å². The number of para-hydroxylation sites is 1. The lowest BCUT2D eigenvalue weighted by atomic mass is 9.99. The van der Waals surface area contributed by atoms with Gasteiger partial charge in [-0.2, -0.15) is 15.1 Å². The summed E-state index contributed by atoms with van der Waals surface area (Å²) in [6.07, 6.45) is -4.13. The summed E-state index contributed by atoms with van der Waals surface area (Å²) in [6.45, 7) is 5.62. The second-order valence-electron chi connectivity index (χ2n) is 10.5. The lowest BCUT2D eigenvalue weighted by molar-refractivity contribution is -0.149. The summed E-state index contributed by atoms with van der Waals surface area (Å²) in [5.41, 5.74) is -1.13. The van der Waals surface area contributed by atoms with Gasteiger partial charge in [-0.1, -0.05) is 18.2 Å². The number of anilines is 1. The topological polar surface area (TPSA) is 159 Å². The van der Waals surface area contributed by atoms with Crippen LogP contribution in [0.3, 0.4) is 0 Å². The van der Waals surface area contributed by atoms with Crippen LogP contribution in [0.1, 0.15) is 33.9 Å². The fraction of sp³-hybridized carbons (Fsp3) is 0.538. The molecule has 3 aromatic rings. The van der Waals surface area contributed by atoms with Crippen LogP contribution in [0.25, 0.3) is 11.2 Å². The van der Waals surface area contributed by atoms with E-state index in [4.69, 9.17) is 23.3 Å². The zero-order valence-electron chi connectivity index (χ0n) is 24.4. The zero-order valence-corrected chi connectivity index (χ0v) is 25.3. The van der Waals surface area contributed by atoms with E-state index in [9.17, 15) is 14.5 Å². The second-order valence-corrected chi connectivity index (χ2v) is 12.2. The Balaban J connectivity index is 1.59. The van der Waals surface area contributed by atoms with E-state index >= 15 is 4.39 Å². The summed E-state index contributed by atoms with van der Waals surface area (Å²) in [5, 5.41) is 13.5. The Morgan fingerprint density at radius 1 is 1.26 bits per heavy atom. The van der Waals surface area contributed by atoms with E-state index in [-0.39, 0.29) is 17.4 Å². The average molecular weight is 611 g/mol. The SMILES string of the molecule is COc1nc(N(C)C)c2ncn([C@@H]3O[C@](C)(COP(=O)(N[C@@H](C)C(=O)OC(C)C)Oc4ccccc4)[C@@H](O)[C@H]3F)c2n1. The number of carbonyl (C=O) groups is 1. The molecule has 2 aromatic heterocycles. The highest BCUT2D eigenvalue weighted by molar-refractivity contribution is 7.52. The third-order valence-corrected chi connectivity index (χ3v) is 8.02. The molecule has 1 saturated heterocycles. The van der Waals surface area contributed by atoms with Crippen LogP contribution in [-0.2, 0) is 23.4 Å². The molecule has 0 radical (unpaired) electrons. The van der Waals surface area contributed by atoms with Crippen LogP contribution in [0.5, 0.6) is 11.8 Å². The molecule has 0 aliphatic carbocycles. The van der Waals surface area contributed by atoms with Crippen LogP contribution < -0.4 is 19.2 Å². The number of imidazole rings is 1. The molecule has 1 aliphatic heterocycles. The lowest BCUT2D eigenvalue weighted by Crippen LogP contribution is -2.44. The first-order valence-electron chi connectivity index (χ1n) is 13.2. The van der Waals surface area contributed by atoms with Gasteiger partial charge in [0.2, 0.25) is 0 Å². The fourth-order valence-corrected chi connectivity index (χ4v) is 5.84. The van der Waals surface area contributed by atoms with Crippen LogP contribution in [-0.4, -0.2) is 88.4 Å². The minimum Gasteiger partial charge on any atom is -0.467 e. The molecule has 230 valence electrons. The highest BCUT2D eigenvalue weighted by Gasteiger charge is 2.55. The molecule has 6 atom stereocenters. The summed E-state index contributed by atoms with van der Waals surface area (Å²) in [4.78, 5) is 27.1. The number of rotatable bonds is 12. The summed E-state index contributed by atoms with van der Waals surface area (Å²) in [5.74, 6) is -0.0580. The van der Waals surface area contributed by atoms with Crippen LogP contribution in [0.15, 0.2) is 36.7 Å². The Labute approximate surface area is 242 Å². The van der Waals surface area contributed by atoms with E-state index in [1.54, 1.807) is 63.2 Å². The molecule has 1 aromatic carbocycles. The number of benzene rings is 1. The first kappa shape index (κ1) is 31.6. The predicted octanol–water partition coefficient (Wildman–Crippen LogP) is 3.02. The molecule has 14 nitrogen and oxygen atoms in total. The second kappa shape index (κ2) is 12.5. The highest BCUT2D eigenvalue weighted by atomic mass is 31.2. The first-order valence-corrected chi connectivity index (χ1v) is 14.7. The molecule has 0 amide bonds. The molecule has 0 bridgehead atoms. The number of methoxy groups -OCH3 is 1. The highest BCUT2D eigenvalue weighted by Crippen LogP contribution is 2.48. The van der Waals surface area contributed by atoms with Crippen LogP contribution in [0.2, 0.25) is 0 Å². The van der Waals surface area contributed by atoms with Gasteiger partial charge in [0.1, 0.15) is 23.5 Å². The standard InChI is InChI=1S/C26H36FN6O8P/c1-15(2)39-24(35)16(3)31-42(36,41-17-11-9-8-10-12-17)38-13-26(4)20(34)18(27)23(40-26)33-14-28-19-21(32(5)6)29-25(37-7)30-22(19)33/h8-12,14-16,18,20,23,34H,13H2,1-7H3,(H,31,36)/t16-,18+,20-,23+,26+,42?/m0/s1. The number of nitrogens with zero attached hydrogens (tertiary/aromatic N) is 5. The Bertz CT molecular complexity index is 1440. The summed E-state index contributed by atoms with van der Waals surface area (Å²) in [7, 11) is 0.609. The number of ether oxygens (including phenoxy) is 3. The first-order chi connectivity index (χ1) is 19.8. The number of aliphatic hydroxyl groups is 1. The quantitative estimate of drug-likeness (QED) is 0.228. The number of fused-ring (bicyclic) bond motifs is 1. The molecule has 0 saturated carbocycles. The van der Waals surface area contributed by atoms with Gasteiger partial charge in [-0.15, -0.1) is 0 Å². The van der Waals surface area contributed by atoms with E-state index in [1.807, 2.05) is 0 Å². The van der Waals surface area contributed by atoms with Gasteiger partial charge in [0.15, 0.2) is 29.4 Å². The maximum absolute atomic E-state index is 15.7. The van der Waals surface area contributed by atoms with Crippen molar-refractivity contribution in [3.05, 3.63) is 36.7 Å². The monoisotopic (exact) mass is 610 g/mol. The van der Waals surface area contributed by atoms with Crippen molar-refractivity contribution < 1.29 is 42.1 Å². The van der Waals surface area contributed by atoms with Crippen molar-refractivity contribution in [2.45, 2.75) is 63.9 Å². The van der Waals surface area contributed by atoms with Gasteiger partial charge in [0, 0.05) is 14.1 Å². The number of nitrogens with one attached hydrogen (secondary N) is 1. The molecular weight excluding hydrogens is 574 g/mol. The molecule has 0 spiro atoms. The van der Waals surface area contributed by atoms with E-state index in [2.05, 4.69) is 20.0 Å². The maximum atomic E-state index is 15.7. The van der Waals surface area contributed by atoms with Gasteiger partial charge in [-0.05, 0) is 39.8 Å². The Hall–Kier alpha value is -3.36. The van der Waals surface area contributed by atoms with Crippen LogP contribution in [0.4, 0.5) is 10.2 Å². The predicted molar refractivity (Wildman–Crippen MR) is 150 cm³/mol. The molecule has 1 unspecified atom stereocenters. The van der Waals surface area contributed by atoms with E-state index in [0.29, 0.717) is 11.3 Å². The Morgan fingerprint density at radius 2 is 1.95 bits per heavy atom. The van der Waals surface area contributed by atoms with Crippen molar-refractivity contribution in [1.82, 2.24) is 24.6 Å². The molecule has 2 N–H and O–H groups in total. The van der Waals surface area contributed by atoms with Gasteiger partial charge < -0.3 is 28.7 Å². The number of esters is 1. The minimum atomic E-state index is -4.31. The number of aliphatic hydroxyl groups excluding tert-OH is 1. The third kappa shape index (κ3) is 6.65. The summed E-state index contributed by atoms with van der Waals surface area (Å²) < 4.78 is 58.6. The summed E-state index contributed by atoms with van der Waals surface area (Å²) >= 11 is 0. The zero-order chi connectivity index (χ0) is 30.8. The molecule has 16 heteroatoms. The van der Waals surface area contributed by atoms with Gasteiger partial charge >= 0.3 is 19.7 Å². The van der Waals surface area contributed by atoms with Crippen molar-refractivity contribution in [3.8, 4) is 11.8 Å². The molecule has 4 rings (SSSR count).